The number of alkyl carbamates (subject to hydrolysis) is 1. The maximum atomic E-state index is 14.9. The van der Waals surface area contributed by atoms with Crippen LogP contribution >= 0.6 is 0 Å². The minimum absolute atomic E-state index is 0.1000. The molecule has 30 heavy (non-hydrogen) atoms. The molecule has 9 nitrogen and oxygen atoms in total. The molecule has 3 amide bonds. The van der Waals surface area contributed by atoms with Crippen molar-refractivity contribution in [2.75, 3.05) is 38.3 Å². The van der Waals surface area contributed by atoms with E-state index in [0.29, 0.717) is 37.2 Å². The molecule has 0 unspecified atom stereocenters. The largest absolute Gasteiger partial charge is 0.453 e. The predicted octanol–water partition coefficient (Wildman–Crippen LogP) is 1.04. The normalized spacial score (nSPS) is 22.2. The lowest BCUT2D eigenvalue weighted by molar-refractivity contribution is -0.133. The number of nitrogens with zero attached hydrogens (tertiary/aromatic N) is 2. The van der Waals surface area contributed by atoms with E-state index in [1.165, 1.54) is 23.0 Å². The van der Waals surface area contributed by atoms with Gasteiger partial charge in [0.2, 0.25) is 5.91 Å². The molecule has 3 aliphatic heterocycles. The van der Waals surface area contributed by atoms with Crippen molar-refractivity contribution in [3.8, 4) is 0 Å². The van der Waals surface area contributed by atoms with Crippen LogP contribution in [0.5, 0.6) is 0 Å². The summed E-state index contributed by atoms with van der Waals surface area (Å²) < 4.78 is 24.8. The molecule has 1 aromatic rings. The van der Waals surface area contributed by atoms with E-state index in [0.717, 1.165) is 11.1 Å². The monoisotopic (exact) mass is 419 g/mol. The second-order valence-corrected chi connectivity index (χ2v) is 7.37. The number of rotatable bonds is 4. The molecule has 160 valence electrons. The number of benzene rings is 1. The minimum Gasteiger partial charge on any atom is -0.453 e. The van der Waals surface area contributed by atoms with Crippen LogP contribution in [0.2, 0.25) is 0 Å². The number of aliphatic hydroxyl groups excluding tert-OH is 1. The van der Waals surface area contributed by atoms with Crippen molar-refractivity contribution in [1.82, 2.24) is 10.2 Å². The molecule has 0 radical (unpaired) electrons. The number of anilines is 1. The van der Waals surface area contributed by atoms with Gasteiger partial charge in [0.15, 0.2) is 0 Å². The quantitative estimate of drug-likeness (QED) is 0.755. The summed E-state index contributed by atoms with van der Waals surface area (Å²) in [5.74, 6) is -0.808. The Morgan fingerprint density at radius 1 is 1.40 bits per heavy atom. The Kier molecular flexibility index (Phi) is 5.33. The maximum Gasteiger partial charge on any atom is 0.415 e. The van der Waals surface area contributed by atoms with Gasteiger partial charge in [0.05, 0.1) is 25.4 Å². The molecule has 0 aliphatic carbocycles. The van der Waals surface area contributed by atoms with E-state index >= 15 is 0 Å². The second-order valence-electron chi connectivity index (χ2n) is 7.37. The third kappa shape index (κ3) is 3.47. The number of hydrogen-bond acceptors (Lipinski definition) is 6. The van der Waals surface area contributed by atoms with E-state index in [9.17, 15) is 18.8 Å². The first-order chi connectivity index (χ1) is 14.4. The number of aliphatic hydroxyl groups is 1. The summed E-state index contributed by atoms with van der Waals surface area (Å²) in [6, 6.07) is 2.75. The highest BCUT2D eigenvalue weighted by molar-refractivity contribution is 5.94. The summed E-state index contributed by atoms with van der Waals surface area (Å²) in [6.07, 6.45) is 0.980. The first kappa shape index (κ1) is 20.1. The van der Waals surface area contributed by atoms with E-state index < -0.39 is 30.7 Å². The number of hydrogen-bond donors (Lipinski definition) is 2. The van der Waals surface area contributed by atoms with Crippen molar-refractivity contribution in [2.45, 2.75) is 25.0 Å². The number of cyclic esters (lactones) is 1. The fraction of sp³-hybridized carbons (Fsp3) is 0.450. The highest BCUT2D eigenvalue weighted by Gasteiger charge is 2.48. The van der Waals surface area contributed by atoms with Crippen LogP contribution in [0.25, 0.3) is 5.57 Å². The molecular weight excluding hydrogens is 397 g/mol. The molecule has 4 rings (SSSR count). The molecule has 3 aliphatic rings. The Balaban J connectivity index is 1.54. The Bertz CT molecular complexity index is 933. The lowest BCUT2D eigenvalue weighted by atomic mass is 9.95. The smallest absolute Gasteiger partial charge is 0.415 e. The van der Waals surface area contributed by atoms with Crippen molar-refractivity contribution in [1.29, 1.82) is 0 Å². The van der Waals surface area contributed by atoms with Gasteiger partial charge in [-0.25, -0.2) is 14.0 Å². The standard InChI is InChI=1S/C20H22FN3O6/c1-29-19(27)22-9-17-16-7-12-6-13(11-2-4-23(5-3-11)18(26)10-25)14(21)8-15(12)24(16)20(28)30-17/h2,6,8,16-17,25H,3-5,7,9-10H2,1H3,(H,22,27)/t16-,17-/m0/s1. The van der Waals surface area contributed by atoms with Gasteiger partial charge in [0, 0.05) is 18.7 Å². The van der Waals surface area contributed by atoms with Crippen LogP contribution in [-0.4, -0.2) is 73.6 Å². The summed E-state index contributed by atoms with van der Waals surface area (Å²) in [5.41, 5.74) is 2.53. The lowest BCUT2D eigenvalue weighted by Crippen LogP contribution is -2.40. The van der Waals surface area contributed by atoms with Crippen LogP contribution in [0.3, 0.4) is 0 Å². The highest BCUT2D eigenvalue weighted by atomic mass is 19.1. The van der Waals surface area contributed by atoms with E-state index in [4.69, 9.17) is 9.84 Å². The van der Waals surface area contributed by atoms with Crippen molar-refractivity contribution in [2.24, 2.45) is 0 Å². The van der Waals surface area contributed by atoms with Gasteiger partial charge in [0.1, 0.15) is 18.5 Å². The molecular formula is C20H22FN3O6. The fourth-order valence-corrected chi connectivity index (χ4v) is 4.21. The third-order valence-corrected chi connectivity index (χ3v) is 5.74. The number of methoxy groups -OCH3 is 1. The Morgan fingerprint density at radius 3 is 2.87 bits per heavy atom. The molecule has 3 heterocycles. The zero-order valence-electron chi connectivity index (χ0n) is 16.4. The molecule has 1 saturated heterocycles. The predicted molar refractivity (Wildman–Crippen MR) is 103 cm³/mol. The average molecular weight is 419 g/mol. The number of carbonyl (C=O) groups excluding carboxylic acids is 3. The molecule has 0 spiro atoms. The van der Waals surface area contributed by atoms with Crippen LogP contribution in [0.15, 0.2) is 18.2 Å². The van der Waals surface area contributed by atoms with Gasteiger partial charge in [-0.3, -0.25) is 9.69 Å². The molecule has 0 saturated carbocycles. The zero-order valence-corrected chi connectivity index (χ0v) is 16.4. The van der Waals surface area contributed by atoms with E-state index in [1.807, 2.05) is 0 Å². The van der Waals surface area contributed by atoms with E-state index in [-0.39, 0.29) is 18.5 Å². The number of amides is 3. The van der Waals surface area contributed by atoms with Gasteiger partial charge < -0.3 is 24.8 Å². The first-order valence-corrected chi connectivity index (χ1v) is 9.65. The number of ether oxygens (including phenoxy) is 2. The molecule has 2 atom stereocenters. The van der Waals surface area contributed by atoms with Gasteiger partial charge >= 0.3 is 12.2 Å². The van der Waals surface area contributed by atoms with Gasteiger partial charge in [-0.15, -0.1) is 0 Å². The first-order valence-electron chi connectivity index (χ1n) is 9.65. The van der Waals surface area contributed by atoms with E-state index in [2.05, 4.69) is 10.1 Å². The number of nitrogens with one attached hydrogen (secondary N) is 1. The number of halogens is 1. The Hall–Kier alpha value is -3.14. The van der Waals surface area contributed by atoms with Gasteiger partial charge in [-0.05, 0) is 36.1 Å². The van der Waals surface area contributed by atoms with Crippen LogP contribution in [0.4, 0.5) is 19.7 Å². The summed E-state index contributed by atoms with van der Waals surface area (Å²) in [5, 5.41) is 11.5. The molecule has 1 fully saturated rings. The Labute approximate surface area is 172 Å². The molecule has 2 N–H and O–H groups in total. The lowest BCUT2D eigenvalue weighted by Gasteiger charge is -2.26. The Morgan fingerprint density at radius 2 is 2.20 bits per heavy atom. The van der Waals surface area contributed by atoms with Crippen molar-refractivity contribution in [3.05, 3.63) is 35.2 Å². The number of fused-ring (bicyclic) bond motifs is 3. The van der Waals surface area contributed by atoms with Crippen molar-refractivity contribution >= 4 is 29.4 Å². The maximum absolute atomic E-state index is 14.9. The van der Waals surface area contributed by atoms with Crippen LogP contribution in [-0.2, 0) is 20.7 Å². The van der Waals surface area contributed by atoms with Crippen molar-refractivity contribution in [3.63, 3.8) is 0 Å². The number of carbonyl (C=O) groups is 3. The summed E-state index contributed by atoms with van der Waals surface area (Å²) in [7, 11) is 1.25. The van der Waals surface area contributed by atoms with Gasteiger partial charge in [0.25, 0.3) is 0 Å². The summed E-state index contributed by atoms with van der Waals surface area (Å²) >= 11 is 0. The molecule has 0 bridgehead atoms. The highest BCUT2D eigenvalue weighted by Crippen LogP contribution is 2.41. The van der Waals surface area contributed by atoms with Gasteiger partial charge in [-0.1, -0.05) is 6.08 Å². The SMILES string of the molecule is COC(=O)NC[C@@H]1OC(=O)N2c3cc(F)c(C4=CCN(C(=O)CO)CC4)cc3C[C@@H]12. The van der Waals surface area contributed by atoms with Crippen LogP contribution < -0.4 is 10.2 Å². The van der Waals surface area contributed by atoms with E-state index in [1.54, 1.807) is 12.1 Å². The molecule has 1 aromatic carbocycles. The molecule has 0 aromatic heterocycles. The fourth-order valence-electron chi connectivity index (χ4n) is 4.21. The average Bonchev–Trinajstić information content (AvgIpc) is 3.27. The minimum atomic E-state index is -0.619. The van der Waals surface area contributed by atoms with Gasteiger partial charge in [-0.2, -0.15) is 0 Å². The van der Waals surface area contributed by atoms with Crippen molar-refractivity contribution < 1.29 is 33.4 Å². The van der Waals surface area contributed by atoms with Crippen LogP contribution in [0, 0.1) is 5.82 Å². The van der Waals surface area contributed by atoms with Crippen LogP contribution in [0.1, 0.15) is 17.5 Å². The third-order valence-electron chi connectivity index (χ3n) is 5.74. The zero-order chi connectivity index (χ0) is 21.4. The topological polar surface area (TPSA) is 108 Å². The second kappa shape index (κ2) is 7.94. The summed E-state index contributed by atoms with van der Waals surface area (Å²) in [4.78, 5) is 38.2. The summed E-state index contributed by atoms with van der Waals surface area (Å²) in [6.45, 7) is 0.274. The molecule has 10 heteroatoms.